The number of nitrogens with one attached hydrogen (secondary N) is 2. The molecule has 27 heavy (non-hydrogen) atoms. The molecule has 0 radical (unpaired) electrons. The number of aryl methyl sites for hydroxylation is 1. The van der Waals surface area contributed by atoms with Crippen molar-refractivity contribution in [3.8, 4) is 0 Å². The number of non-ortho nitro benzene ring substituents is 1. The molecule has 1 atom stereocenters. The second-order valence-corrected chi connectivity index (χ2v) is 6.60. The van der Waals surface area contributed by atoms with Crippen LogP contribution >= 0.6 is 0 Å². The number of hydrogen-bond acceptors (Lipinski definition) is 6. The van der Waals surface area contributed by atoms with Gasteiger partial charge in [0.25, 0.3) is 5.69 Å². The van der Waals surface area contributed by atoms with Crippen molar-refractivity contribution >= 4 is 17.3 Å². The molecule has 8 nitrogen and oxygen atoms in total. The van der Waals surface area contributed by atoms with Crippen molar-refractivity contribution in [2.75, 3.05) is 31.5 Å². The molecule has 3 rings (SSSR count). The summed E-state index contributed by atoms with van der Waals surface area (Å²) in [5.74, 6) is -0.101. The van der Waals surface area contributed by atoms with Gasteiger partial charge in [-0.1, -0.05) is 6.07 Å². The first-order valence-corrected chi connectivity index (χ1v) is 8.94. The second-order valence-electron chi connectivity index (χ2n) is 6.60. The molecule has 8 heteroatoms. The number of pyridine rings is 1. The molecule has 142 valence electrons. The van der Waals surface area contributed by atoms with Crippen molar-refractivity contribution in [2.24, 2.45) is 0 Å². The summed E-state index contributed by atoms with van der Waals surface area (Å²) in [5, 5.41) is 17.1. The molecule has 1 saturated heterocycles. The van der Waals surface area contributed by atoms with Crippen LogP contribution in [0, 0.1) is 17.0 Å². The van der Waals surface area contributed by atoms with Gasteiger partial charge >= 0.3 is 0 Å². The van der Waals surface area contributed by atoms with Crippen LogP contribution in [-0.4, -0.2) is 46.9 Å². The molecule has 0 saturated carbocycles. The minimum absolute atomic E-state index is 0.0191. The zero-order valence-electron chi connectivity index (χ0n) is 15.2. The fraction of sp³-hybridized carbons (Fsp3) is 0.368. The number of anilines is 1. The lowest BCUT2D eigenvalue weighted by atomic mass is 10.1. The zero-order valence-corrected chi connectivity index (χ0v) is 15.2. The van der Waals surface area contributed by atoms with Gasteiger partial charge in [-0.3, -0.25) is 24.8 Å². The number of benzene rings is 1. The highest BCUT2D eigenvalue weighted by molar-refractivity contribution is 5.91. The fourth-order valence-electron chi connectivity index (χ4n) is 3.28. The van der Waals surface area contributed by atoms with E-state index in [1.54, 1.807) is 19.2 Å². The number of carbonyl (C=O) groups is 1. The van der Waals surface area contributed by atoms with E-state index in [1.165, 1.54) is 12.1 Å². The van der Waals surface area contributed by atoms with Gasteiger partial charge in [-0.15, -0.1) is 0 Å². The predicted molar refractivity (Wildman–Crippen MR) is 103 cm³/mol. The lowest BCUT2D eigenvalue weighted by Gasteiger charge is -2.36. The first kappa shape index (κ1) is 18.9. The molecule has 1 aliphatic rings. The van der Waals surface area contributed by atoms with Crippen molar-refractivity contribution in [1.82, 2.24) is 15.2 Å². The van der Waals surface area contributed by atoms with Crippen LogP contribution in [0.4, 0.5) is 11.4 Å². The molecule has 1 unspecified atom stereocenters. The maximum Gasteiger partial charge on any atom is 0.269 e. The molecule has 1 amide bonds. The summed E-state index contributed by atoms with van der Waals surface area (Å²) in [4.78, 5) is 29.2. The van der Waals surface area contributed by atoms with E-state index in [-0.39, 0.29) is 17.6 Å². The van der Waals surface area contributed by atoms with E-state index in [9.17, 15) is 14.9 Å². The molecule has 0 bridgehead atoms. The van der Waals surface area contributed by atoms with Gasteiger partial charge < -0.3 is 10.6 Å². The van der Waals surface area contributed by atoms with Gasteiger partial charge in [-0.25, -0.2) is 0 Å². The summed E-state index contributed by atoms with van der Waals surface area (Å²) in [6.45, 7) is 4.97. The van der Waals surface area contributed by atoms with Gasteiger partial charge in [0.05, 0.1) is 4.92 Å². The number of carbonyl (C=O) groups excluding carboxylic acids is 1. The minimum Gasteiger partial charge on any atom is -0.326 e. The van der Waals surface area contributed by atoms with Crippen molar-refractivity contribution < 1.29 is 9.72 Å². The number of amides is 1. The summed E-state index contributed by atoms with van der Waals surface area (Å²) >= 11 is 0. The van der Waals surface area contributed by atoms with Gasteiger partial charge in [0.15, 0.2) is 0 Å². The molecule has 2 aromatic rings. The molecule has 0 aliphatic carbocycles. The van der Waals surface area contributed by atoms with E-state index in [2.05, 4.69) is 26.6 Å². The highest BCUT2D eigenvalue weighted by Gasteiger charge is 2.24. The Kier molecular flexibility index (Phi) is 6.10. The smallest absolute Gasteiger partial charge is 0.269 e. The van der Waals surface area contributed by atoms with Crippen LogP contribution < -0.4 is 10.6 Å². The third-order valence-corrected chi connectivity index (χ3v) is 4.74. The SMILES string of the molecule is Cc1cc([N+](=O)[O-])ccc1NC(=O)CCN1CCNCC1c1cccnc1. The Morgan fingerprint density at radius 3 is 3.00 bits per heavy atom. The van der Waals surface area contributed by atoms with Crippen LogP contribution in [0.3, 0.4) is 0 Å². The minimum atomic E-state index is -0.443. The molecule has 2 heterocycles. The van der Waals surface area contributed by atoms with E-state index >= 15 is 0 Å². The number of piperazine rings is 1. The Morgan fingerprint density at radius 2 is 2.30 bits per heavy atom. The van der Waals surface area contributed by atoms with Crippen LogP contribution in [0.1, 0.15) is 23.6 Å². The van der Waals surface area contributed by atoms with Crippen molar-refractivity contribution in [3.63, 3.8) is 0 Å². The number of rotatable bonds is 6. The second kappa shape index (κ2) is 8.70. The Bertz CT molecular complexity index is 812. The maximum absolute atomic E-state index is 12.4. The molecular formula is C19H23N5O3. The summed E-state index contributed by atoms with van der Waals surface area (Å²) in [6.07, 6.45) is 3.97. The largest absolute Gasteiger partial charge is 0.326 e. The zero-order chi connectivity index (χ0) is 19.2. The number of nitrogens with zero attached hydrogens (tertiary/aromatic N) is 3. The van der Waals surface area contributed by atoms with Gasteiger partial charge in [-0.2, -0.15) is 0 Å². The molecule has 1 fully saturated rings. The predicted octanol–water partition coefficient (Wildman–Crippen LogP) is 2.27. The number of nitro groups is 1. The Labute approximate surface area is 157 Å². The lowest BCUT2D eigenvalue weighted by molar-refractivity contribution is -0.384. The van der Waals surface area contributed by atoms with Crippen LogP contribution in [0.5, 0.6) is 0 Å². The summed E-state index contributed by atoms with van der Waals surface area (Å²) < 4.78 is 0. The average molecular weight is 369 g/mol. The van der Waals surface area contributed by atoms with Gasteiger partial charge in [-0.05, 0) is 30.2 Å². The molecule has 0 spiro atoms. The normalized spacial score (nSPS) is 17.4. The average Bonchev–Trinajstić information content (AvgIpc) is 2.68. The monoisotopic (exact) mass is 369 g/mol. The first-order valence-electron chi connectivity index (χ1n) is 8.94. The third-order valence-electron chi connectivity index (χ3n) is 4.74. The number of hydrogen-bond donors (Lipinski definition) is 2. The molecule has 2 N–H and O–H groups in total. The standard InChI is InChI=1S/C19H23N5O3/c1-14-11-16(24(26)27)4-5-17(14)22-19(25)6-9-23-10-8-21-13-18(23)15-3-2-7-20-12-15/h2-5,7,11-12,18,21H,6,8-10,13H2,1H3,(H,22,25). The Balaban J connectivity index is 1.59. The molecule has 1 aliphatic heterocycles. The van der Waals surface area contributed by atoms with E-state index in [0.29, 0.717) is 24.2 Å². The molecule has 1 aromatic carbocycles. The van der Waals surface area contributed by atoms with Crippen LogP contribution in [-0.2, 0) is 4.79 Å². The van der Waals surface area contributed by atoms with Crippen LogP contribution in [0.2, 0.25) is 0 Å². The number of aromatic nitrogens is 1. The quantitative estimate of drug-likeness (QED) is 0.598. The highest BCUT2D eigenvalue weighted by atomic mass is 16.6. The fourth-order valence-corrected chi connectivity index (χ4v) is 3.28. The summed E-state index contributed by atoms with van der Waals surface area (Å²) in [6, 6.07) is 8.61. The molecular weight excluding hydrogens is 346 g/mol. The van der Waals surface area contributed by atoms with Gasteiger partial charge in [0.1, 0.15) is 0 Å². The highest BCUT2D eigenvalue weighted by Crippen LogP contribution is 2.23. The van der Waals surface area contributed by atoms with E-state index in [4.69, 9.17) is 0 Å². The first-order chi connectivity index (χ1) is 13.0. The Hall–Kier alpha value is -2.84. The topological polar surface area (TPSA) is 100 Å². The summed E-state index contributed by atoms with van der Waals surface area (Å²) in [5.41, 5.74) is 2.43. The number of nitro benzene ring substituents is 1. The van der Waals surface area contributed by atoms with Crippen molar-refractivity contribution in [2.45, 2.75) is 19.4 Å². The Morgan fingerprint density at radius 1 is 1.44 bits per heavy atom. The lowest BCUT2D eigenvalue weighted by Crippen LogP contribution is -2.46. The van der Waals surface area contributed by atoms with Crippen LogP contribution in [0.25, 0.3) is 0 Å². The molecule has 1 aromatic heterocycles. The van der Waals surface area contributed by atoms with Gasteiger partial charge in [0, 0.05) is 68.9 Å². The van der Waals surface area contributed by atoms with E-state index < -0.39 is 4.92 Å². The third kappa shape index (κ3) is 4.87. The van der Waals surface area contributed by atoms with E-state index in [0.717, 1.165) is 25.2 Å². The van der Waals surface area contributed by atoms with Crippen molar-refractivity contribution in [1.29, 1.82) is 0 Å². The van der Waals surface area contributed by atoms with Crippen LogP contribution in [0.15, 0.2) is 42.7 Å². The maximum atomic E-state index is 12.4. The van der Waals surface area contributed by atoms with Crippen molar-refractivity contribution in [3.05, 3.63) is 64.0 Å². The van der Waals surface area contributed by atoms with E-state index in [1.807, 2.05) is 12.3 Å². The summed E-state index contributed by atoms with van der Waals surface area (Å²) in [7, 11) is 0. The van der Waals surface area contributed by atoms with Gasteiger partial charge in [0.2, 0.25) is 5.91 Å².